The predicted octanol–water partition coefficient (Wildman–Crippen LogP) is 6.64. The Hall–Kier alpha value is -4.51. The average Bonchev–Trinajstić information content (AvgIpc) is 3.46. The van der Waals surface area contributed by atoms with Crippen LogP contribution in [0.3, 0.4) is 0 Å². The van der Waals surface area contributed by atoms with Gasteiger partial charge in [-0.25, -0.2) is 0 Å². The molecule has 0 fully saturated rings. The molecule has 1 aliphatic heterocycles. The van der Waals surface area contributed by atoms with Crippen LogP contribution in [0.25, 0.3) is 22.2 Å². The summed E-state index contributed by atoms with van der Waals surface area (Å²) in [7, 11) is 3.34. The summed E-state index contributed by atoms with van der Waals surface area (Å²) in [5.74, 6) is 1.54. The zero-order valence-electron chi connectivity index (χ0n) is 20.9. The number of carbonyl (C=O) groups excluding carboxylic acids is 1. The van der Waals surface area contributed by atoms with E-state index < -0.39 is 0 Å². The Labute approximate surface area is 216 Å². The lowest BCUT2D eigenvalue weighted by atomic mass is 9.92. The van der Waals surface area contributed by atoms with E-state index in [0.717, 1.165) is 56.8 Å². The minimum absolute atomic E-state index is 0.0605. The fraction of sp³-hybridized carbons (Fsp3) is 0.156. The van der Waals surface area contributed by atoms with Crippen LogP contribution in [0.2, 0.25) is 0 Å². The quantitative estimate of drug-likeness (QED) is 0.279. The summed E-state index contributed by atoms with van der Waals surface area (Å²) in [6, 6.07) is 32.1. The molecule has 0 saturated heterocycles. The third-order valence-corrected chi connectivity index (χ3v) is 7.24. The van der Waals surface area contributed by atoms with Gasteiger partial charge in [-0.05, 0) is 47.9 Å². The molecule has 0 radical (unpaired) electrons. The first-order valence-electron chi connectivity index (χ1n) is 12.5. The van der Waals surface area contributed by atoms with E-state index in [-0.39, 0.29) is 11.9 Å². The number of ether oxygens (including phenoxy) is 2. The molecule has 1 atom stereocenters. The minimum Gasteiger partial charge on any atom is -0.497 e. The highest BCUT2D eigenvalue weighted by Gasteiger charge is 2.40. The maximum atomic E-state index is 13.8. The highest BCUT2D eigenvalue weighted by molar-refractivity contribution is 6.02. The minimum atomic E-state index is -0.241. The van der Waals surface area contributed by atoms with Crippen molar-refractivity contribution in [3.63, 3.8) is 0 Å². The van der Waals surface area contributed by atoms with E-state index >= 15 is 0 Å². The number of aromatic amines is 1. The van der Waals surface area contributed by atoms with Crippen molar-refractivity contribution in [1.82, 2.24) is 9.88 Å². The first-order chi connectivity index (χ1) is 18.2. The van der Waals surface area contributed by atoms with Crippen LogP contribution in [-0.4, -0.2) is 36.6 Å². The van der Waals surface area contributed by atoms with Crippen molar-refractivity contribution in [3.05, 3.63) is 119 Å². The van der Waals surface area contributed by atoms with Gasteiger partial charge in [0.15, 0.2) is 0 Å². The van der Waals surface area contributed by atoms with Gasteiger partial charge in [-0.2, -0.15) is 0 Å². The maximum absolute atomic E-state index is 13.8. The van der Waals surface area contributed by atoms with Gasteiger partial charge in [-0.15, -0.1) is 0 Å². The van der Waals surface area contributed by atoms with Crippen LogP contribution >= 0.6 is 0 Å². The summed E-state index contributed by atoms with van der Waals surface area (Å²) >= 11 is 0. The van der Waals surface area contributed by atoms with Crippen LogP contribution in [0, 0.1) is 0 Å². The molecule has 4 aromatic carbocycles. The molecule has 1 N–H and O–H groups in total. The van der Waals surface area contributed by atoms with Crippen molar-refractivity contribution in [2.45, 2.75) is 12.5 Å². The van der Waals surface area contributed by atoms with Crippen LogP contribution in [0.15, 0.2) is 97.1 Å². The fourth-order valence-electron chi connectivity index (χ4n) is 5.48. The van der Waals surface area contributed by atoms with Crippen molar-refractivity contribution in [2.24, 2.45) is 0 Å². The normalized spacial score (nSPS) is 14.7. The summed E-state index contributed by atoms with van der Waals surface area (Å²) < 4.78 is 11.3. The summed E-state index contributed by atoms with van der Waals surface area (Å²) in [6.45, 7) is 0.608. The number of nitrogens with one attached hydrogen (secondary N) is 1. The topological polar surface area (TPSA) is 54.6 Å². The van der Waals surface area contributed by atoms with Gasteiger partial charge in [0, 0.05) is 34.1 Å². The highest BCUT2D eigenvalue weighted by atomic mass is 16.5. The summed E-state index contributed by atoms with van der Waals surface area (Å²) in [5.41, 5.74) is 6.89. The Morgan fingerprint density at radius 2 is 1.57 bits per heavy atom. The molecule has 184 valence electrons. The van der Waals surface area contributed by atoms with E-state index in [1.165, 1.54) is 5.56 Å². The third kappa shape index (κ3) is 3.93. The number of fused-ring (bicyclic) bond motifs is 2. The zero-order chi connectivity index (χ0) is 25.4. The standard InChI is InChI=1S/C32H28N2O3/c1-36-22-16-17-28(37-2)26(20-22)30-29(25-14-8-9-15-27(25)33-30)31-23-12-6-7-13-24(23)32(35)34(31)19-18-21-10-4-3-5-11-21/h3-17,20,31,33H,18-19H2,1-2H3. The first-order valence-corrected chi connectivity index (χ1v) is 12.5. The number of H-pyrrole nitrogens is 1. The van der Waals surface area contributed by atoms with Gasteiger partial charge in [-0.1, -0.05) is 66.7 Å². The van der Waals surface area contributed by atoms with Crippen LogP contribution in [0.1, 0.15) is 33.1 Å². The molecule has 0 bridgehead atoms. The van der Waals surface area contributed by atoms with Gasteiger partial charge < -0.3 is 19.4 Å². The smallest absolute Gasteiger partial charge is 0.255 e. The lowest BCUT2D eigenvalue weighted by molar-refractivity contribution is 0.0753. The molecule has 1 amide bonds. The van der Waals surface area contributed by atoms with Gasteiger partial charge in [-0.3, -0.25) is 4.79 Å². The summed E-state index contributed by atoms with van der Waals surface area (Å²) in [4.78, 5) is 19.5. The van der Waals surface area contributed by atoms with Gasteiger partial charge in [0.05, 0.1) is 26.0 Å². The van der Waals surface area contributed by atoms with E-state index in [9.17, 15) is 4.79 Å². The number of benzene rings is 4. The Morgan fingerprint density at radius 1 is 0.811 bits per heavy atom. The number of aromatic nitrogens is 1. The third-order valence-electron chi connectivity index (χ3n) is 7.24. The lowest BCUT2D eigenvalue weighted by Gasteiger charge is -2.27. The SMILES string of the molecule is COc1ccc(OC)c(-c2[nH]c3ccccc3c2C2c3ccccc3C(=O)N2CCc2ccccc2)c1. The highest BCUT2D eigenvalue weighted by Crippen LogP contribution is 2.47. The first kappa shape index (κ1) is 22.9. The van der Waals surface area contributed by atoms with Crippen molar-refractivity contribution in [1.29, 1.82) is 0 Å². The number of amides is 1. The number of para-hydroxylation sites is 1. The van der Waals surface area contributed by atoms with Gasteiger partial charge in [0.25, 0.3) is 5.91 Å². The second kappa shape index (κ2) is 9.51. The van der Waals surface area contributed by atoms with Crippen LogP contribution in [0.4, 0.5) is 0 Å². The molecule has 5 heteroatoms. The van der Waals surface area contributed by atoms with Gasteiger partial charge in [0.1, 0.15) is 11.5 Å². The van der Waals surface area contributed by atoms with Crippen molar-refractivity contribution in [3.8, 4) is 22.8 Å². The molecular weight excluding hydrogens is 460 g/mol. The number of hydrogen-bond acceptors (Lipinski definition) is 3. The molecule has 0 aliphatic carbocycles. The number of rotatable bonds is 7. The Balaban J connectivity index is 1.57. The summed E-state index contributed by atoms with van der Waals surface area (Å²) in [5, 5.41) is 1.08. The monoisotopic (exact) mass is 488 g/mol. The number of methoxy groups -OCH3 is 2. The largest absolute Gasteiger partial charge is 0.497 e. The number of carbonyl (C=O) groups is 1. The predicted molar refractivity (Wildman–Crippen MR) is 146 cm³/mol. The molecule has 1 aliphatic rings. The molecule has 6 rings (SSSR count). The van der Waals surface area contributed by atoms with Crippen molar-refractivity contribution >= 4 is 16.8 Å². The molecular formula is C32H28N2O3. The molecule has 5 aromatic rings. The molecule has 37 heavy (non-hydrogen) atoms. The molecule has 0 saturated carbocycles. The van der Waals surface area contributed by atoms with E-state index in [4.69, 9.17) is 9.47 Å². The zero-order valence-corrected chi connectivity index (χ0v) is 20.9. The fourth-order valence-corrected chi connectivity index (χ4v) is 5.48. The Bertz CT molecular complexity index is 1590. The van der Waals surface area contributed by atoms with E-state index in [1.54, 1.807) is 14.2 Å². The molecule has 0 spiro atoms. The van der Waals surface area contributed by atoms with Crippen LogP contribution in [-0.2, 0) is 6.42 Å². The molecule has 2 heterocycles. The van der Waals surface area contributed by atoms with E-state index in [1.807, 2.05) is 71.6 Å². The molecule has 1 aromatic heterocycles. The van der Waals surface area contributed by atoms with Crippen LogP contribution < -0.4 is 9.47 Å². The number of hydrogen-bond donors (Lipinski definition) is 1. The average molecular weight is 489 g/mol. The Kier molecular flexibility index (Phi) is 5.89. The van der Waals surface area contributed by atoms with Gasteiger partial charge >= 0.3 is 0 Å². The second-order valence-electron chi connectivity index (χ2n) is 9.25. The van der Waals surface area contributed by atoms with E-state index in [2.05, 4.69) is 35.3 Å². The van der Waals surface area contributed by atoms with Crippen molar-refractivity contribution < 1.29 is 14.3 Å². The summed E-state index contributed by atoms with van der Waals surface area (Å²) in [6.07, 6.45) is 0.775. The van der Waals surface area contributed by atoms with Crippen LogP contribution in [0.5, 0.6) is 11.5 Å². The molecule has 5 nitrogen and oxygen atoms in total. The molecule has 1 unspecified atom stereocenters. The second-order valence-corrected chi connectivity index (χ2v) is 9.25. The Morgan fingerprint density at radius 3 is 2.38 bits per heavy atom. The number of nitrogens with zero attached hydrogens (tertiary/aromatic N) is 1. The lowest BCUT2D eigenvalue weighted by Crippen LogP contribution is -2.31. The van der Waals surface area contributed by atoms with Crippen molar-refractivity contribution in [2.75, 3.05) is 20.8 Å². The van der Waals surface area contributed by atoms with E-state index in [0.29, 0.717) is 6.54 Å². The maximum Gasteiger partial charge on any atom is 0.255 e. The van der Waals surface area contributed by atoms with Gasteiger partial charge in [0.2, 0.25) is 0 Å².